The number of oxazole rings is 1. The van der Waals surface area contributed by atoms with Gasteiger partial charge in [-0.1, -0.05) is 45.9 Å². The molecule has 0 radical (unpaired) electrons. The molecule has 4 rings (SSSR count). The summed E-state index contributed by atoms with van der Waals surface area (Å²) in [7, 11) is 0. The van der Waals surface area contributed by atoms with Crippen LogP contribution in [0.5, 0.6) is 0 Å². The van der Waals surface area contributed by atoms with Gasteiger partial charge >= 0.3 is 0 Å². The Balaban J connectivity index is 1.74. The molecule has 0 atom stereocenters. The maximum atomic E-state index is 6.25. The van der Waals surface area contributed by atoms with Crippen molar-refractivity contribution in [3.05, 3.63) is 47.5 Å². The minimum atomic E-state index is 0.0538. The number of nitrogen functional groups attached to an aromatic ring is 2. The summed E-state index contributed by atoms with van der Waals surface area (Å²) in [6.45, 7) is 9.03. The van der Waals surface area contributed by atoms with Crippen molar-refractivity contribution in [3.8, 4) is 11.5 Å². The molecule has 0 amide bonds. The number of hydrogen-bond acceptors (Lipinski definition) is 8. The number of nitrogens with one attached hydrogen (secondary N) is 1. The van der Waals surface area contributed by atoms with E-state index in [2.05, 4.69) is 54.0 Å². The van der Waals surface area contributed by atoms with Crippen LogP contribution in [0.4, 0.5) is 23.5 Å². The van der Waals surface area contributed by atoms with Crippen LogP contribution in [0, 0.1) is 11.8 Å². The summed E-state index contributed by atoms with van der Waals surface area (Å²) < 4.78 is 6.25. The minimum absolute atomic E-state index is 0.0538. The average molecular weight is 460 g/mol. The number of hydrogen-bond donors (Lipinski definition) is 3. The van der Waals surface area contributed by atoms with Gasteiger partial charge in [0.25, 0.3) is 0 Å². The summed E-state index contributed by atoms with van der Waals surface area (Å²) in [4.78, 5) is 17.0. The number of rotatable bonds is 9. The van der Waals surface area contributed by atoms with Gasteiger partial charge in [0.15, 0.2) is 5.58 Å². The number of aromatic nitrogens is 4. The lowest BCUT2D eigenvalue weighted by Gasteiger charge is -2.12. The zero-order chi connectivity index (χ0) is 24.2. The highest BCUT2D eigenvalue weighted by Crippen LogP contribution is 2.34. The van der Waals surface area contributed by atoms with E-state index in [1.54, 1.807) is 0 Å². The van der Waals surface area contributed by atoms with Crippen molar-refractivity contribution >= 4 is 34.6 Å². The third-order valence-corrected chi connectivity index (χ3v) is 5.80. The van der Waals surface area contributed by atoms with Gasteiger partial charge in [0, 0.05) is 0 Å². The van der Waals surface area contributed by atoms with Crippen molar-refractivity contribution < 1.29 is 4.42 Å². The molecule has 0 aliphatic carbocycles. The molecule has 0 unspecified atom stereocenters. The third kappa shape index (κ3) is 5.44. The second kappa shape index (κ2) is 10.1. The number of fused-ring (bicyclic) bond motifs is 1. The molecule has 0 saturated carbocycles. The highest BCUT2D eigenvalue weighted by atomic mass is 16.3. The van der Waals surface area contributed by atoms with Crippen molar-refractivity contribution in [2.45, 2.75) is 53.4 Å². The largest absolute Gasteiger partial charge is 0.436 e. The second-order valence-electron chi connectivity index (χ2n) is 9.48. The Morgan fingerprint density at radius 1 is 0.824 bits per heavy atom. The molecule has 2 aromatic carbocycles. The molecule has 0 fully saturated rings. The summed E-state index contributed by atoms with van der Waals surface area (Å²) in [5.41, 5.74) is 17.4. The van der Waals surface area contributed by atoms with Crippen LogP contribution in [0.3, 0.4) is 0 Å². The highest BCUT2D eigenvalue weighted by Gasteiger charge is 2.18. The molecule has 0 aliphatic heterocycles. The molecule has 0 saturated heterocycles. The van der Waals surface area contributed by atoms with Crippen molar-refractivity contribution in [3.63, 3.8) is 0 Å². The van der Waals surface area contributed by atoms with Gasteiger partial charge in [0.05, 0.1) is 11.3 Å². The molecule has 2 aromatic heterocycles. The van der Waals surface area contributed by atoms with E-state index in [9.17, 15) is 0 Å². The van der Waals surface area contributed by atoms with Crippen LogP contribution in [-0.4, -0.2) is 19.9 Å². The Morgan fingerprint density at radius 3 is 2.21 bits per heavy atom. The van der Waals surface area contributed by atoms with Gasteiger partial charge in [-0.25, -0.2) is 4.98 Å². The number of aryl methyl sites for hydroxylation is 2. The number of para-hydroxylation sites is 1. The third-order valence-electron chi connectivity index (χ3n) is 5.80. The van der Waals surface area contributed by atoms with E-state index < -0.39 is 0 Å². The molecule has 0 aliphatic rings. The number of nitrogens with zero attached hydrogens (tertiary/aromatic N) is 4. The van der Waals surface area contributed by atoms with Crippen LogP contribution in [0.25, 0.3) is 22.6 Å². The van der Waals surface area contributed by atoms with Gasteiger partial charge < -0.3 is 21.2 Å². The van der Waals surface area contributed by atoms with Crippen molar-refractivity contribution in [1.82, 2.24) is 19.9 Å². The monoisotopic (exact) mass is 459 g/mol. The molecule has 5 N–H and O–H groups in total. The maximum Gasteiger partial charge on any atom is 0.233 e. The Hall–Kier alpha value is -3.68. The van der Waals surface area contributed by atoms with Gasteiger partial charge in [0.2, 0.25) is 23.7 Å². The van der Waals surface area contributed by atoms with E-state index >= 15 is 0 Å². The second-order valence-corrected chi connectivity index (χ2v) is 9.48. The quantitative estimate of drug-likeness (QED) is 0.288. The number of anilines is 4. The molecule has 4 aromatic rings. The molecular formula is C26H33N7O. The summed E-state index contributed by atoms with van der Waals surface area (Å²) in [5, 5.41) is 3.17. The van der Waals surface area contributed by atoms with E-state index in [4.69, 9.17) is 20.9 Å². The van der Waals surface area contributed by atoms with Crippen molar-refractivity contribution in [2.24, 2.45) is 11.8 Å². The Bertz CT molecular complexity index is 1260. The summed E-state index contributed by atoms with van der Waals surface area (Å²) in [6, 6.07) is 12.0. The molecule has 34 heavy (non-hydrogen) atoms. The van der Waals surface area contributed by atoms with E-state index in [-0.39, 0.29) is 17.8 Å². The molecule has 8 nitrogen and oxygen atoms in total. The summed E-state index contributed by atoms with van der Waals surface area (Å²) in [5.74, 6) is 2.18. The van der Waals surface area contributed by atoms with Gasteiger partial charge in [0.1, 0.15) is 5.52 Å². The van der Waals surface area contributed by atoms with E-state index in [1.807, 2.05) is 30.3 Å². The van der Waals surface area contributed by atoms with Crippen LogP contribution >= 0.6 is 0 Å². The first kappa shape index (κ1) is 23.5. The standard InChI is InChI=1S/C26H33N7O/c1-15(2)9-11-17-12-14-21-22(18(17)13-10-16(3)4)30-23(34-21)19-7-5-6-8-20(19)29-26-32-24(27)31-25(28)33-26/h5-8,12,14-16H,9-11,13H2,1-4H3,(H5,27,28,29,31,32,33). The van der Waals surface area contributed by atoms with E-state index in [0.29, 0.717) is 17.7 Å². The topological polar surface area (TPSA) is 129 Å². The molecule has 178 valence electrons. The van der Waals surface area contributed by atoms with Crippen LogP contribution in [0.15, 0.2) is 40.8 Å². The normalized spacial score (nSPS) is 11.6. The van der Waals surface area contributed by atoms with Crippen molar-refractivity contribution in [1.29, 1.82) is 0 Å². The summed E-state index contributed by atoms with van der Waals surface area (Å²) >= 11 is 0. The van der Waals surface area contributed by atoms with Gasteiger partial charge in [-0.05, 0) is 66.8 Å². The van der Waals surface area contributed by atoms with Crippen LogP contribution in [0.1, 0.15) is 51.7 Å². The fourth-order valence-corrected chi connectivity index (χ4v) is 3.96. The number of nitrogens with two attached hydrogens (primary N) is 2. The van der Waals surface area contributed by atoms with Crippen LogP contribution in [-0.2, 0) is 12.8 Å². The van der Waals surface area contributed by atoms with E-state index in [1.165, 1.54) is 11.1 Å². The predicted molar refractivity (Wildman–Crippen MR) is 138 cm³/mol. The lowest BCUT2D eigenvalue weighted by atomic mass is 9.93. The molecule has 0 spiro atoms. The number of benzene rings is 2. The van der Waals surface area contributed by atoms with Gasteiger partial charge in [-0.3, -0.25) is 0 Å². The fourth-order valence-electron chi connectivity index (χ4n) is 3.96. The lowest BCUT2D eigenvalue weighted by Crippen LogP contribution is -2.06. The summed E-state index contributed by atoms with van der Waals surface area (Å²) in [6.07, 6.45) is 4.29. The molecule has 0 bridgehead atoms. The minimum Gasteiger partial charge on any atom is -0.436 e. The van der Waals surface area contributed by atoms with E-state index in [0.717, 1.165) is 48.0 Å². The van der Waals surface area contributed by atoms with Gasteiger partial charge in [-0.2, -0.15) is 15.0 Å². The van der Waals surface area contributed by atoms with Gasteiger partial charge in [-0.15, -0.1) is 0 Å². The Labute approximate surface area is 200 Å². The first-order chi connectivity index (χ1) is 16.3. The van der Waals surface area contributed by atoms with Crippen molar-refractivity contribution in [2.75, 3.05) is 16.8 Å². The first-order valence-corrected chi connectivity index (χ1v) is 11.8. The Morgan fingerprint density at radius 2 is 1.50 bits per heavy atom. The average Bonchev–Trinajstić information content (AvgIpc) is 3.20. The SMILES string of the molecule is CC(C)CCc1ccc2oc(-c3ccccc3Nc3nc(N)nc(N)n3)nc2c1CCC(C)C. The molecular weight excluding hydrogens is 426 g/mol. The fraction of sp³-hybridized carbons (Fsp3) is 0.385. The molecule has 8 heteroatoms. The smallest absolute Gasteiger partial charge is 0.233 e. The first-order valence-electron chi connectivity index (χ1n) is 11.8. The highest BCUT2D eigenvalue weighted by molar-refractivity contribution is 5.84. The zero-order valence-corrected chi connectivity index (χ0v) is 20.3. The Kier molecular flexibility index (Phi) is 6.95. The lowest BCUT2D eigenvalue weighted by molar-refractivity contribution is 0.572. The zero-order valence-electron chi connectivity index (χ0n) is 20.3. The molecule has 2 heterocycles. The maximum absolute atomic E-state index is 6.25. The van der Waals surface area contributed by atoms with Crippen LogP contribution < -0.4 is 16.8 Å². The predicted octanol–water partition coefficient (Wildman–Crippen LogP) is 5.77. The van der Waals surface area contributed by atoms with Crippen LogP contribution in [0.2, 0.25) is 0 Å².